The number of amides is 2. The number of ether oxygens (including phenoxy) is 1. The van der Waals surface area contributed by atoms with Crippen molar-refractivity contribution < 1.29 is 27.5 Å². The first kappa shape index (κ1) is 24.1. The Balaban J connectivity index is 1.52. The molecule has 0 spiro atoms. The number of carbonyl (C=O) groups excluding carboxylic acids is 2. The fraction of sp³-hybridized carbons (Fsp3) is 0.429. The van der Waals surface area contributed by atoms with Gasteiger partial charge in [-0.2, -0.15) is 13.2 Å². The number of nitrogens with one attached hydrogen (secondary N) is 2. The number of hydrogen-bond donors (Lipinski definition) is 2. The van der Waals surface area contributed by atoms with E-state index in [0.717, 1.165) is 11.8 Å². The summed E-state index contributed by atoms with van der Waals surface area (Å²) in [7, 11) is 1.53. The van der Waals surface area contributed by atoms with Crippen LogP contribution in [0.4, 0.5) is 23.7 Å². The number of rotatable bonds is 5. The third kappa shape index (κ3) is 6.02. The van der Waals surface area contributed by atoms with Crippen LogP contribution in [-0.2, 0) is 17.3 Å². The zero-order valence-corrected chi connectivity index (χ0v) is 18.1. The first-order chi connectivity index (χ1) is 15.6. The first-order valence-electron chi connectivity index (χ1n) is 10.3. The van der Waals surface area contributed by atoms with Crippen LogP contribution in [0.2, 0.25) is 0 Å². The average Bonchev–Trinajstić information content (AvgIpc) is 2.79. The van der Waals surface area contributed by atoms with Gasteiger partial charge in [-0.1, -0.05) is 0 Å². The van der Waals surface area contributed by atoms with E-state index in [2.05, 4.69) is 15.3 Å². The molecule has 0 aromatic carbocycles. The Bertz CT molecular complexity index is 1050. The summed E-state index contributed by atoms with van der Waals surface area (Å²) in [6, 6.07) is 4.18. The predicted molar refractivity (Wildman–Crippen MR) is 113 cm³/mol. The third-order valence-electron chi connectivity index (χ3n) is 5.20. The van der Waals surface area contributed by atoms with Gasteiger partial charge >= 0.3 is 12.3 Å². The molecule has 33 heavy (non-hydrogen) atoms. The second-order valence-corrected chi connectivity index (χ2v) is 7.60. The summed E-state index contributed by atoms with van der Waals surface area (Å²) in [6.45, 7) is 3.41. The quantitative estimate of drug-likeness (QED) is 0.697. The molecule has 1 unspecified atom stereocenters. The van der Waals surface area contributed by atoms with Crippen molar-refractivity contribution in [2.24, 2.45) is 0 Å². The van der Waals surface area contributed by atoms with Gasteiger partial charge in [-0.15, -0.1) is 0 Å². The van der Waals surface area contributed by atoms with Gasteiger partial charge in [-0.25, -0.2) is 9.78 Å². The Morgan fingerprint density at radius 2 is 1.94 bits per heavy atom. The van der Waals surface area contributed by atoms with Gasteiger partial charge in [0, 0.05) is 45.8 Å². The highest BCUT2D eigenvalue weighted by molar-refractivity contribution is 5.92. The minimum atomic E-state index is -4.76. The lowest BCUT2D eigenvalue weighted by Gasteiger charge is -2.35. The summed E-state index contributed by atoms with van der Waals surface area (Å²) in [6.07, 6.45) is -3.21. The molecule has 1 fully saturated rings. The zero-order valence-electron chi connectivity index (χ0n) is 18.1. The van der Waals surface area contributed by atoms with E-state index in [-0.39, 0.29) is 17.9 Å². The summed E-state index contributed by atoms with van der Waals surface area (Å²) in [5, 5.41) is 2.50. The fourth-order valence-electron chi connectivity index (χ4n) is 3.46. The fourth-order valence-corrected chi connectivity index (χ4v) is 3.46. The lowest BCUT2D eigenvalue weighted by atomic mass is 10.1. The van der Waals surface area contributed by atoms with Crippen LogP contribution in [0.3, 0.4) is 0 Å². The molecule has 2 N–H and O–H groups in total. The van der Waals surface area contributed by atoms with E-state index in [1.165, 1.54) is 18.1 Å². The number of carbonyl (C=O) groups is 2. The molecule has 2 aromatic rings. The van der Waals surface area contributed by atoms with E-state index in [0.29, 0.717) is 31.9 Å². The molecule has 0 aliphatic carbocycles. The van der Waals surface area contributed by atoms with Crippen molar-refractivity contribution >= 4 is 17.7 Å². The molecule has 0 bridgehead atoms. The molecule has 2 aromatic heterocycles. The number of aromatic nitrogens is 2. The molecule has 1 saturated heterocycles. The highest BCUT2D eigenvalue weighted by Gasteiger charge is 2.34. The van der Waals surface area contributed by atoms with E-state index in [1.807, 2.05) is 4.90 Å². The molecule has 12 heteroatoms. The number of nitrogens with zero attached hydrogens (tertiary/aromatic N) is 3. The van der Waals surface area contributed by atoms with Crippen LogP contribution in [0, 0.1) is 0 Å². The molecule has 3 rings (SSSR count). The van der Waals surface area contributed by atoms with Crippen molar-refractivity contribution in [3.8, 4) is 0 Å². The van der Waals surface area contributed by atoms with Gasteiger partial charge in [0.25, 0.3) is 11.5 Å². The monoisotopic (exact) mass is 467 g/mol. The van der Waals surface area contributed by atoms with Crippen LogP contribution in [0.15, 0.2) is 35.4 Å². The SMILES string of the molecule is CNC(=O)c1ccc(N2CCN(C(=O)OC(C)Cc3c[nH]c(=O)c(C(F)(F)F)c3)CC2)cn1. The number of pyridine rings is 2. The molecule has 1 aliphatic rings. The van der Waals surface area contributed by atoms with Gasteiger partial charge in [0.05, 0.1) is 11.9 Å². The lowest BCUT2D eigenvalue weighted by Crippen LogP contribution is -2.49. The molecule has 0 radical (unpaired) electrons. The zero-order chi connectivity index (χ0) is 24.2. The molecule has 1 aliphatic heterocycles. The van der Waals surface area contributed by atoms with Crippen LogP contribution in [0.5, 0.6) is 0 Å². The Morgan fingerprint density at radius 3 is 2.52 bits per heavy atom. The summed E-state index contributed by atoms with van der Waals surface area (Å²) in [5.74, 6) is -0.278. The minimum absolute atomic E-state index is 0.0227. The van der Waals surface area contributed by atoms with Gasteiger partial charge in [0.2, 0.25) is 0 Å². The van der Waals surface area contributed by atoms with Crippen molar-refractivity contribution in [1.29, 1.82) is 0 Å². The van der Waals surface area contributed by atoms with Gasteiger partial charge in [0.1, 0.15) is 17.4 Å². The predicted octanol–water partition coefficient (Wildman–Crippen LogP) is 2.04. The maximum absolute atomic E-state index is 12.9. The summed E-state index contributed by atoms with van der Waals surface area (Å²) < 4.78 is 44.1. The highest BCUT2D eigenvalue weighted by atomic mass is 19.4. The van der Waals surface area contributed by atoms with Crippen molar-refractivity contribution in [3.63, 3.8) is 0 Å². The van der Waals surface area contributed by atoms with Crippen LogP contribution >= 0.6 is 0 Å². The number of halogens is 3. The molecule has 3 heterocycles. The van der Waals surface area contributed by atoms with E-state index >= 15 is 0 Å². The summed E-state index contributed by atoms with van der Waals surface area (Å²) >= 11 is 0. The Kier molecular flexibility index (Phi) is 7.24. The first-order valence-corrected chi connectivity index (χ1v) is 10.3. The normalized spacial score (nSPS) is 15.2. The standard InChI is InChI=1S/C21H24F3N5O4/c1-13(9-14-10-16(21(22,23)24)18(30)27-11-14)33-20(32)29-7-5-28(6-8-29)15-3-4-17(26-12-15)19(31)25-2/h3-4,10-13H,5-9H2,1-2H3,(H,25,31)(H,27,30). The average molecular weight is 467 g/mol. The van der Waals surface area contributed by atoms with Crippen LogP contribution < -0.4 is 15.8 Å². The van der Waals surface area contributed by atoms with Crippen molar-refractivity contribution in [2.45, 2.75) is 25.6 Å². The summed E-state index contributed by atoms with van der Waals surface area (Å²) in [4.78, 5) is 45.2. The number of alkyl halides is 3. The van der Waals surface area contributed by atoms with Gasteiger partial charge in [-0.3, -0.25) is 9.59 Å². The van der Waals surface area contributed by atoms with Gasteiger partial charge in [0.15, 0.2) is 0 Å². The maximum atomic E-state index is 12.9. The molecule has 1 atom stereocenters. The second-order valence-electron chi connectivity index (χ2n) is 7.60. The molecular formula is C21H24F3N5O4. The Labute approximate surface area is 187 Å². The minimum Gasteiger partial charge on any atom is -0.446 e. The van der Waals surface area contributed by atoms with Crippen molar-refractivity contribution in [2.75, 3.05) is 38.1 Å². The van der Waals surface area contributed by atoms with E-state index in [1.54, 1.807) is 25.3 Å². The number of piperazine rings is 1. The van der Waals surface area contributed by atoms with Crippen LogP contribution in [-0.4, -0.2) is 66.2 Å². The van der Waals surface area contributed by atoms with Crippen molar-refractivity contribution in [3.05, 3.63) is 57.8 Å². The number of anilines is 1. The van der Waals surface area contributed by atoms with Crippen LogP contribution in [0.25, 0.3) is 0 Å². The number of aromatic amines is 1. The van der Waals surface area contributed by atoms with E-state index in [9.17, 15) is 27.6 Å². The number of hydrogen-bond acceptors (Lipinski definition) is 6. The highest BCUT2D eigenvalue weighted by Crippen LogP contribution is 2.27. The molecular weight excluding hydrogens is 443 g/mol. The van der Waals surface area contributed by atoms with E-state index in [4.69, 9.17) is 4.74 Å². The molecule has 9 nitrogen and oxygen atoms in total. The second kappa shape index (κ2) is 9.92. The van der Waals surface area contributed by atoms with E-state index < -0.39 is 29.5 Å². The molecule has 2 amide bonds. The Hall–Kier alpha value is -3.57. The topological polar surface area (TPSA) is 108 Å². The maximum Gasteiger partial charge on any atom is 0.421 e. The largest absolute Gasteiger partial charge is 0.446 e. The van der Waals surface area contributed by atoms with Gasteiger partial charge < -0.3 is 24.8 Å². The lowest BCUT2D eigenvalue weighted by molar-refractivity contribution is -0.138. The Morgan fingerprint density at radius 1 is 1.24 bits per heavy atom. The van der Waals surface area contributed by atoms with Crippen molar-refractivity contribution in [1.82, 2.24) is 20.2 Å². The summed E-state index contributed by atoms with van der Waals surface area (Å²) in [5.41, 5.74) is -1.16. The molecule has 178 valence electrons. The molecule has 0 saturated carbocycles. The smallest absolute Gasteiger partial charge is 0.421 e. The number of H-pyrrole nitrogens is 1. The van der Waals surface area contributed by atoms with Crippen LogP contribution in [0.1, 0.15) is 28.5 Å². The van der Waals surface area contributed by atoms with Gasteiger partial charge in [-0.05, 0) is 30.7 Å². The third-order valence-corrected chi connectivity index (χ3v) is 5.20.